The molecule has 2 N–H and O–H groups in total. The molecule has 1 amide bonds. The predicted molar refractivity (Wildman–Crippen MR) is 82.6 cm³/mol. The Morgan fingerprint density at radius 1 is 1.45 bits per heavy atom. The largest absolute Gasteiger partial charge is 0.372 e. The molecule has 4 heteroatoms. The highest BCUT2D eigenvalue weighted by molar-refractivity contribution is 5.77. The molecule has 2 unspecified atom stereocenters. The van der Waals surface area contributed by atoms with Crippen LogP contribution in [0.1, 0.15) is 32.3 Å². The van der Waals surface area contributed by atoms with Crippen LogP contribution in [0, 0.1) is 0 Å². The van der Waals surface area contributed by atoms with Gasteiger partial charge in [0, 0.05) is 44.3 Å². The Morgan fingerprint density at radius 3 is 2.85 bits per heavy atom. The van der Waals surface area contributed by atoms with E-state index in [9.17, 15) is 4.79 Å². The highest BCUT2D eigenvalue weighted by Gasteiger charge is 2.26. The average molecular weight is 275 g/mol. The second kappa shape index (κ2) is 6.27. The van der Waals surface area contributed by atoms with Gasteiger partial charge < -0.3 is 15.5 Å². The van der Waals surface area contributed by atoms with Crippen molar-refractivity contribution in [3.8, 4) is 0 Å². The van der Waals surface area contributed by atoms with Gasteiger partial charge in [0.15, 0.2) is 0 Å². The number of fused-ring (bicyclic) bond motifs is 1. The molecule has 0 radical (unpaired) electrons. The van der Waals surface area contributed by atoms with Crippen molar-refractivity contribution < 1.29 is 4.79 Å². The number of carbonyl (C=O) groups is 1. The smallest absolute Gasteiger partial charge is 0.223 e. The summed E-state index contributed by atoms with van der Waals surface area (Å²) in [7, 11) is 2.09. The first-order valence-electron chi connectivity index (χ1n) is 7.33. The van der Waals surface area contributed by atoms with Crippen LogP contribution in [-0.2, 0) is 11.3 Å². The molecule has 0 saturated heterocycles. The Kier molecular flexibility index (Phi) is 4.65. The lowest BCUT2D eigenvalue weighted by atomic mass is 10.1. The molecule has 20 heavy (non-hydrogen) atoms. The lowest BCUT2D eigenvalue weighted by Crippen LogP contribution is -2.42. The molecule has 0 aliphatic carbocycles. The Bertz CT molecular complexity index is 473. The van der Waals surface area contributed by atoms with Crippen molar-refractivity contribution in [2.75, 3.05) is 18.5 Å². The minimum absolute atomic E-state index is 0.0798. The number of rotatable bonds is 3. The molecule has 1 aromatic carbocycles. The number of likely N-dealkylation sites (N-methyl/N-ethyl adjacent to an activating group) is 1. The maximum absolute atomic E-state index is 12.4. The zero-order chi connectivity index (χ0) is 14.7. The molecule has 110 valence electrons. The normalized spacial score (nSPS) is 20.3. The molecular weight excluding hydrogens is 250 g/mol. The van der Waals surface area contributed by atoms with Gasteiger partial charge in [-0.25, -0.2) is 0 Å². The topological polar surface area (TPSA) is 49.6 Å². The van der Waals surface area contributed by atoms with E-state index in [0.717, 1.165) is 13.0 Å². The van der Waals surface area contributed by atoms with Gasteiger partial charge in [0.1, 0.15) is 0 Å². The van der Waals surface area contributed by atoms with Crippen molar-refractivity contribution in [1.82, 2.24) is 4.90 Å². The molecule has 1 aliphatic rings. The fraction of sp³-hybridized carbons (Fsp3) is 0.562. The number of hydrogen-bond donors (Lipinski definition) is 1. The first kappa shape index (κ1) is 14.9. The second-order valence-electron chi connectivity index (χ2n) is 5.90. The van der Waals surface area contributed by atoms with E-state index in [0.29, 0.717) is 13.0 Å². The minimum Gasteiger partial charge on any atom is -0.372 e. The average Bonchev–Trinajstić information content (AvgIpc) is 2.53. The van der Waals surface area contributed by atoms with Gasteiger partial charge in [-0.1, -0.05) is 18.2 Å². The number of carbonyl (C=O) groups excluding carboxylic acids is 1. The maximum Gasteiger partial charge on any atom is 0.223 e. The molecule has 1 heterocycles. The molecule has 0 bridgehead atoms. The van der Waals surface area contributed by atoms with Crippen LogP contribution in [0.15, 0.2) is 24.3 Å². The quantitative estimate of drug-likeness (QED) is 0.917. The van der Waals surface area contributed by atoms with E-state index in [1.807, 2.05) is 24.0 Å². The van der Waals surface area contributed by atoms with Crippen molar-refractivity contribution in [1.29, 1.82) is 0 Å². The van der Waals surface area contributed by atoms with Gasteiger partial charge in [-0.3, -0.25) is 4.79 Å². The summed E-state index contributed by atoms with van der Waals surface area (Å²) in [6.07, 6.45) is 1.29. The Labute approximate surface area is 121 Å². The Hall–Kier alpha value is -1.55. The number of nitrogens with zero attached hydrogens (tertiary/aromatic N) is 2. The van der Waals surface area contributed by atoms with E-state index >= 15 is 0 Å². The molecular formula is C16H25N3O. The fourth-order valence-corrected chi connectivity index (χ4v) is 2.78. The van der Waals surface area contributed by atoms with E-state index in [4.69, 9.17) is 5.73 Å². The molecule has 0 saturated carbocycles. The van der Waals surface area contributed by atoms with Crippen LogP contribution in [0.2, 0.25) is 0 Å². The minimum atomic E-state index is 0.0798. The summed E-state index contributed by atoms with van der Waals surface area (Å²) >= 11 is 0. The van der Waals surface area contributed by atoms with E-state index in [1.165, 1.54) is 11.3 Å². The summed E-state index contributed by atoms with van der Waals surface area (Å²) in [5.74, 6) is 0.208. The molecule has 0 spiro atoms. The third-order valence-electron chi connectivity index (χ3n) is 3.95. The van der Waals surface area contributed by atoms with E-state index in [-0.39, 0.29) is 18.0 Å². The third kappa shape index (κ3) is 3.31. The van der Waals surface area contributed by atoms with E-state index < -0.39 is 0 Å². The molecule has 1 aromatic rings. The highest BCUT2D eigenvalue weighted by Crippen LogP contribution is 2.26. The van der Waals surface area contributed by atoms with Gasteiger partial charge in [-0.2, -0.15) is 0 Å². The van der Waals surface area contributed by atoms with Crippen molar-refractivity contribution in [3.63, 3.8) is 0 Å². The van der Waals surface area contributed by atoms with Crippen molar-refractivity contribution in [2.24, 2.45) is 5.73 Å². The third-order valence-corrected chi connectivity index (χ3v) is 3.95. The zero-order valence-electron chi connectivity index (χ0n) is 12.7. The van der Waals surface area contributed by atoms with Crippen LogP contribution in [0.5, 0.6) is 0 Å². The summed E-state index contributed by atoms with van der Waals surface area (Å²) in [6.45, 7) is 5.62. The maximum atomic E-state index is 12.4. The number of nitrogens with two attached hydrogens (primary N) is 1. The summed E-state index contributed by atoms with van der Waals surface area (Å²) in [5, 5.41) is 0. The summed E-state index contributed by atoms with van der Waals surface area (Å²) in [5.41, 5.74) is 8.20. The molecule has 2 rings (SSSR count). The van der Waals surface area contributed by atoms with Gasteiger partial charge in [0.2, 0.25) is 5.91 Å². The standard InChI is InChI=1S/C16H25N3O/c1-12(17)8-9-16(20)19-11-14-6-4-5-7-15(14)18(3)10-13(19)2/h4-7,12-13H,8-11,17H2,1-3H3. The molecule has 0 fully saturated rings. The van der Waals surface area contributed by atoms with Gasteiger partial charge in [-0.05, 0) is 31.9 Å². The summed E-state index contributed by atoms with van der Waals surface area (Å²) in [4.78, 5) is 16.7. The lowest BCUT2D eigenvalue weighted by molar-refractivity contribution is -0.133. The van der Waals surface area contributed by atoms with Gasteiger partial charge in [0.25, 0.3) is 0 Å². The Balaban J connectivity index is 2.16. The van der Waals surface area contributed by atoms with Crippen molar-refractivity contribution in [3.05, 3.63) is 29.8 Å². The SMILES string of the molecule is CC(N)CCC(=O)N1Cc2ccccc2N(C)CC1C. The zero-order valence-corrected chi connectivity index (χ0v) is 12.7. The second-order valence-corrected chi connectivity index (χ2v) is 5.90. The Morgan fingerprint density at radius 2 is 2.15 bits per heavy atom. The van der Waals surface area contributed by atoms with Crippen LogP contribution >= 0.6 is 0 Å². The first-order chi connectivity index (χ1) is 9.49. The molecule has 0 aromatic heterocycles. The van der Waals surface area contributed by atoms with E-state index in [2.05, 4.69) is 31.0 Å². The van der Waals surface area contributed by atoms with Crippen LogP contribution < -0.4 is 10.6 Å². The monoisotopic (exact) mass is 275 g/mol. The highest BCUT2D eigenvalue weighted by atomic mass is 16.2. The first-order valence-corrected chi connectivity index (χ1v) is 7.33. The van der Waals surface area contributed by atoms with Gasteiger partial charge >= 0.3 is 0 Å². The number of amides is 1. The number of anilines is 1. The van der Waals surface area contributed by atoms with Crippen molar-refractivity contribution >= 4 is 11.6 Å². The van der Waals surface area contributed by atoms with Crippen LogP contribution in [0.4, 0.5) is 5.69 Å². The van der Waals surface area contributed by atoms with Gasteiger partial charge in [-0.15, -0.1) is 0 Å². The van der Waals surface area contributed by atoms with Gasteiger partial charge in [0.05, 0.1) is 0 Å². The molecule has 1 aliphatic heterocycles. The molecule has 4 nitrogen and oxygen atoms in total. The number of benzene rings is 1. The summed E-state index contributed by atoms with van der Waals surface area (Å²) in [6, 6.07) is 8.61. The number of hydrogen-bond acceptors (Lipinski definition) is 3. The molecule has 2 atom stereocenters. The van der Waals surface area contributed by atoms with Crippen LogP contribution in [0.25, 0.3) is 0 Å². The van der Waals surface area contributed by atoms with Crippen LogP contribution in [-0.4, -0.2) is 36.5 Å². The predicted octanol–water partition coefficient (Wildman–Crippen LogP) is 1.98. The number of para-hydroxylation sites is 1. The lowest BCUT2D eigenvalue weighted by Gasteiger charge is -2.28. The van der Waals surface area contributed by atoms with E-state index in [1.54, 1.807) is 0 Å². The fourth-order valence-electron chi connectivity index (χ4n) is 2.78. The summed E-state index contributed by atoms with van der Waals surface area (Å²) < 4.78 is 0. The van der Waals surface area contributed by atoms with Crippen LogP contribution in [0.3, 0.4) is 0 Å². The van der Waals surface area contributed by atoms with Crippen molar-refractivity contribution in [2.45, 2.75) is 45.3 Å².